The first-order valence-corrected chi connectivity index (χ1v) is 6.31. The highest BCUT2D eigenvalue weighted by Crippen LogP contribution is 2.28. The number of anilines is 1. The number of hydrogen-bond donors (Lipinski definition) is 1. The van der Waals surface area contributed by atoms with Gasteiger partial charge in [-0.3, -0.25) is 4.90 Å². The molecule has 2 unspecified atom stereocenters. The Bertz CT molecular complexity index is 381. The second kappa shape index (κ2) is 4.56. The van der Waals surface area contributed by atoms with Gasteiger partial charge in [-0.2, -0.15) is 0 Å². The third-order valence-corrected chi connectivity index (χ3v) is 3.79. The molecule has 92 valence electrons. The number of nitrogens with zero attached hydrogens (tertiary/aromatic N) is 3. The molecule has 0 bridgehead atoms. The van der Waals surface area contributed by atoms with Crippen LogP contribution < -0.4 is 5.32 Å². The molecule has 3 rings (SSSR count). The third-order valence-electron chi connectivity index (χ3n) is 3.79. The fourth-order valence-corrected chi connectivity index (χ4v) is 2.97. The van der Waals surface area contributed by atoms with Crippen LogP contribution in [0.4, 0.5) is 10.3 Å². The maximum Gasteiger partial charge on any atom is 0.223 e. The van der Waals surface area contributed by atoms with Crippen LogP contribution in [0.2, 0.25) is 0 Å². The predicted octanol–water partition coefficient (Wildman–Crippen LogP) is 1.65. The van der Waals surface area contributed by atoms with E-state index in [-0.39, 0.29) is 5.82 Å². The minimum absolute atomic E-state index is 0.388. The molecule has 1 N–H and O–H groups in total. The summed E-state index contributed by atoms with van der Waals surface area (Å²) < 4.78 is 12.7. The summed E-state index contributed by atoms with van der Waals surface area (Å²) in [6.07, 6.45) is 7.43. The molecule has 2 fully saturated rings. The van der Waals surface area contributed by atoms with Gasteiger partial charge in [0.15, 0.2) is 5.82 Å². The summed E-state index contributed by atoms with van der Waals surface area (Å²) in [5, 5.41) is 3.34. The summed E-state index contributed by atoms with van der Waals surface area (Å²) in [7, 11) is 0. The minimum atomic E-state index is -0.388. The number of piperidine rings is 1. The van der Waals surface area contributed by atoms with Gasteiger partial charge in [-0.1, -0.05) is 6.42 Å². The summed E-state index contributed by atoms with van der Waals surface area (Å²) in [6, 6.07) is 1.03. The Morgan fingerprint density at radius 2 is 2.00 bits per heavy atom. The predicted molar refractivity (Wildman–Crippen MR) is 63.2 cm³/mol. The average Bonchev–Trinajstić information content (AvgIpc) is 2.76. The molecule has 2 atom stereocenters. The molecule has 2 aliphatic rings. The number of aromatic nitrogens is 2. The number of nitrogens with one attached hydrogen (secondary N) is 1. The maximum atomic E-state index is 12.7. The quantitative estimate of drug-likeness (QED) is 0.847. The highest BCUT2D eigenvalue weighted by atomic mass is 19.1. The lowest BCUT2D eigenvalue weighted by atomic mass is 9.99. The van der Waals surface area contributed by atoms with Crippen LogP contribution in [0.3, 0.4) is 0 Å². The van der Waals surface area contributed by atoms with Crippen molar-refractivity contribution in [3.63, 3.8) is 0 Å². The second-order valence-electron chi connectivity index (χ2n) is 4.86. The highest BCUT2D eigenvalue weighted by molar-refractivity contribution is 5.26. The minimum Gasteiger partial charge on any atom is -0.350 e. The molecule has 3 heterocycles. The van der Waals surface area contributed by atoms with Crippen molar-refractivity contribution >= 4 is 5.95 Å². The van der Waals surface area contributed by atoms with Crippen molar-refractivity contribution in [3.8, 4) is 0 Å². The van der Waals surface area contributed by atoms with Gasteiger partial charge in [0.05, 0.1) is 12.4 Å². The summed E-state index contributed by atoms with van der Waals surface area (Å²) in [5.74, 6) is 0.157. The topological polar surface area (TPSA) is 41.1 Å². The summed E-state index contributed by atoms with van der Waals surface area (Å²) in [4.78, 5) is 10.5. The lowest BCUT2D eigenvalue weighted by Crippen LogP contribution is -2.41. The smallest absolute Gasteiger partial charge is 0.223 e. The molecular weight excluding hydrogens is 219 g/mol. The SMILES string of the molecule is Fc1cnc(NC2CCN3CCCCC23)nc1. The Morgan fingerprint density at radius 3 is 2.82 bits per heavy atom. The van der Waals surface area contributed by atoms with Crippen LogP contribution in [0.15, 0.2) is 12.4 Å². The average molecular weight is 236 g/mol. The van der Waals surface area contributed by atoms with E-state index in [4.69, 9.17) is 0 Å². The Kier molecular flexibility index (Phi) is 2.93. The van der Waals surface area contributed by atoms with Crippen molar-refractivity contribution in [1.82, 2.24) is 14.9 Å². The van der Waals surface area contributed by atoms with Gasteiger partial charge in [-0.05, 0) is 25.8 Å². The first-order chi connectivity index (χ1) is 8.33. The molecule has 1 aromatic heterocycles. The van der Waals surface area contributed by atoms with Crippen molar-refractivity contribution in [1.29, 1.82) is 0 Å². The van der Waals surface area contributed by atoms with Crippen molar-refractivity contribution in [3.05, 3.63) is 18.2 Å². The molecule has 17 heavy (non-hydrogen) atoms. The fraction of sp³-hybridized carbons (Fsp3) is 0.667. The van der Waals surface area contributed by atoms with Gasteiger partial charge in [0.2, 0.25) is 5.95 Å². The molecule has 2 aliphatic heterocycles. The normalized spacial score (nSPS) is 29.0. The van der Waals surface area contributed by atoms with E-state index in [0.717, 1.165) is 13.0 Å². The summed E-state index contributed by atoms with van der Waals surface area (Å²) >= 11 is 0. The molecule has 1 aromatic rings. The van der Waals surface area contributed by atoms with Gasteiger partial charge in [-0.25, -0.2) is 14.4 Å². The molecule has 0 aromatic carbocycles. The molecule has 0 amide bonds. The van der Waals surface area contributed by atoms with E-state index in [2.05, 4.69) is 20.2 Å². The summed E-state index contributed by atoms with van der Waals surface area (Å²) in [6.45, 7) is 2.37. The van der Waals surface area contributed by atoms with Crippen LogP contribution >= 0.6 is 0 Å². The van der Waals surface area contributed by atoms with Crippen LogP contribution in [-0.2, 0) is 0 Å². The summed E-state index contributed by atoms with van der Waals surface area (Å²) in [5.41, 5.74) is 0. The van der Waals surface area contributed by atoms with Crippen molar-refractivity contribution in [2.45, 2.75) is 37.8 Å². The van der Waals surface area contributed by atoms with Gasteiger partial charge < -0.3 is 5.32 Å². The third kappa shape index (κ3) is 2.24. The zero-order valence-corrected chi connectivity index (χ0v) is 9.77. The lowest BCUT2D eigenvalue weighted by molar-refractivity contribution is 0.192. The van der Waals surface area contributed by atoms with Crippen LogP contribution in [-0.4, -0.2) is 40.0 Å². The van der Waals surface area contributed by atoms with Crippen LogP contribution in [0.5, 0.6) is 0 Å². The van der Waals surface area contributed by atoms with E-state index in [1.807, 2.05) is 0 Å². The van der Waals surface area contributed by atoms with Gasteiger partial charge >= 0.3 is 0 Å². The van der Waals surface area contributed by atoms with Crippen molar-refractivity contribution in [2.75, 3.05) is 18.4 Å². The molecule has 0 aliphatic carbocycles. The second-order valence-corrected chi connectivity index (χ2v) is 4.86. The lowest BCUT2D eigenvalue weighted by Gasteiger charge is -2.32. The van der Waals surface area contributed by atoms with Crippen molar-refractivity contribution < 1.29 is 4.39 Å². The van der Waals surface area contributed by atoms with E-state index in [1.54, 1.807) is 0 Å². The Morgan fingerprint density at radius 1 is 1.18 bits per heavy atom. The Labute approximate surface area is 100 Å². The number of hydrogen-bond acceptors (Lipinski definition) is 4. The van der Waals surface area contributed by atoms with E-state index < -0.39 is 0 Å². The monoisotopic (exact) mass is 236 g/mol. The molecule has 0 spiro atoms. The molecule has 4 nitrogen and oxygen atoms in total. The van der Waals surface area contributed by atoms with Crippen LogP contribution in [0, 0.1) is 5.82 Å². The molecule has 0 saturated carbocycles. The number of rotatable bonds is 2. The van der Waals surface area contributed by atoms with Gasteiger partial charge in [0.25, 0.3) is 0 Å². The molecular formula is C12H17FN4. The van der Waals surface area contributed by atoms with E-state index in [9.17, 15) is 4.39 Å². The fourth-order valence-electron chi connectivity index (χ4n) is 2.97. The molecule has 5 heteroatoms. The van der Waals surface area contributed by atoms with Gasteiger partial charge in [-0.15, -0.1) is 0 Å². The van der Waals surface area contributed by atoms with Gasteiger partial charge in [0.1, 0.15) is 0 Å². The standard InChI is InChI=1S/C12H17FN4/c13-9-7-14-12(15-8-9)16-10-4-6-17-5-2-1-3-11(10)17/h7-8,10-11H,1-6H2,(H,14,15,16). The van der Waals surface area contributed by atoms with Crippen molar-refractivity contribution in [2.24, 2.45) is 0 Å². The van der Waals surface area contributed by atoms with Crippen LogP contribution in [0.25, 0.3) is 0 Å². The molecule has 0 radical (unpaired) electrons. The largest absolute Gasteiger partial charge is 0.350 e. The van der Waals surface area contributed by atoms with E-state index in [1.165, 1.54) is 38.2 Å². The van der Waals surface area contributed by atoms with Crippen LogP contribution in [0.1, 0.15) is 25.7 Å². The van der Waals surface area contributed by atoms with Gasteiger partial charge in [0, 0.05) is 18.6 Å². The zero-order valence-electron chi connectivity index (χ0n) is 9.77. The first kappa shape index (κ1) is 10.9. The first-order valence-electron chi connectivity index (χ1n) is 6.31. The highest BCUT2D eigenvalue weighted by Gasteiger charge is 2.35. The Hall–Kier alpha value is -1.23. The molecule has 2 saturated heterocycles. The number of fused-ring (bicyclic) bond motifs is 1. The number of halogens is 1. The Balaban J connectivity index is 1.67. The van der Waals surface area contributed by atoms with E-state index >= 15 is 0 Å². The maximum absolute atomic E-state index is 12.7. The zero-order chi connectivity index (χ0) is 11.7. The van der Waals surface area contributed by atoms with E-state index in [0.29, 0.717) is 18.0 Å².